The molecular formula is C18H22F2N6O3S. The molecule has 12 heteroatoms. The average molecular weight is 440 g/mol. The van der Waals surface area contributed by atoms with Gasteiger partial charge in [0.05, 0.1) is 18.1 Å². The van der Waals surface area contributed by atoms with Crippen LogP contribution in [0.3, 0.4) is 0 Å². The maximum atomic E-state index is 15.1. The highest BCUT2D eigenvalue weighted by Crippen LogP contribution is 2.42. The quantitative estimate of drug-likeness (QED) is 0.760. The van der Waals surface area contributed by atoms with Gasteiger partial charge in [-0.1, -0.05) is 0 Å². The summed E-state index contributed by atoms with van der Waals surface area (Å²) in [6, 6.07) is 3.54. The first-order valence-corrected chi connectivity index (χ1v) is 10.7. The largest absolute Gasteiger partial charge is 0.362 e. The molecule has 1 N–H and O–H groups in total. The lowest BCUT2D eigenvalue weighted by Gasteiger charge is -2.35. The lowest BCUT2D eigenvalue weighted by atomic mass is 9.97. The SMILES string of the molecule is CN(C)c1ncccc1S(=O)(=O)C(F)(F)C1CCN(C(=O)Nc2ccnnc2)CC1. The fourth-order valence-electron chi connectivity index (χ4n) is 3.28. The second kappa shape index (κ2) is 8.46. The van der Waals surface area contributed by atoms with E-state index in [1.54, 1.807) is 6.07 Å². The van der Waals surface area contributed by atoms with Crippen LogP contribution in [0.4, 0.5) is 25.1 Å². The third-order valence-corrected chi connectivity index (χ3v) is 6.86. The van der Waals surface area contributed by atoms with E-state index < -0.39 is 31.9 Å². The predicted octanol–water partition coefficient (Wildman–Crippen LogP) is 2.25. The number of alkyl halides is 2. The van der Waals surface area contributed by atoms with Crippen molar-refractivity contribution in [2.24, 2.45) is 5.92 Å². The van der Waals surface area contributed by atoms with Gasteiger partial charge in [0, 0.05) is 39.3 Å². The number of aromatic nitrogens is 3. The number of rotatable bonds is 5. The van der Waals surface area contributed by atoms with Crippen molar-refractivity contribution in [2.75, 3.05) is 37.4 Å². The van der Waals surface area contributed by atoms with Crippen LogP contribution in [0.15, 0.2) is 41.7 Å². The fraction of sp³-hybridized carbons (Fsp3) is 0.444. The van der Waals surface area contributed by atoms with Gasteiger partial charge in [0.25, 0.3) is 0 Å². The highest BCUT2D eigenvalue weighted by molar-refractivity contribution is 7.92. The van der Waals surface area contributed by atoms with Crippen LogP contribution in [0.25, 0.3) is 0 Å². The molecule has 0 aromatic carbocycles. The maximum absolute atomic E-state index is 15.1. The first-order chi connectivity index (χ1) is 14.1. The van der Waals surface area contributed by atoms with Crippen LogP contribution in [-0.2, 0) is 9.84 Å². The minimum Gasteiger partial charge on any atom is -0.362 e. The molecule has 0 radical (unpaired) electrons. The van der Waals surface area contributed by atoms with Gasteiger partial charge in [0.15, 0.2) is 0 Å². The number of nitrogens with zero attached hydrogens (tertiary/aromatic N) is 5. The average Bonchev–Trinajstić information content (AvgIpc) is 2.74. The number of hydrogen-bond donors (Lipinski definition) is 1. The number of amides is 2. The fourth-order valence-corrected chi connectivity index (χ4v) is 4.98. The van der Waals surface area contributed by atoms with E-state index in [0.29, 0.717) is 5.69 Å². The normalized spacial score (nSPS) is 15.7. The molecule has 0 atom stereocenters. The Kier molecular flexibility index (Phi) is 6.15. The van der Waals surface area contributed by atoms with Crippen LogP contribution >= 0.6 is 0 Å². The lowest BCUT2D eigenvalue weighted by Crippen LogP contribution is -2.47. The Labute approximate surface area is 173 Å². The van der Waals surface area contributed by atoms with Crippen LogP contribution in [0.2, 0.25) is 0 Å². The number of sulfone groups is 1. The Morgan fingerprint density at radius 1 is 1.20 bits per heavy atom. The lowest BCUT2D eigenvalue weighted by molar-refractivity contribution is 0.000434. The molecule has 2 amide bonds. The number of carbonyl (C=O) groups excluding carboxylic acids is 1. The molecule has 2 aromatic rings. The van der Waals surface area contributed by atoms with E-state index in [0.717, 1.165) is 6.07 Å². The number of nitrogens with one attached hydrogen (secondary N) is 1. The summed E-state index contributed by atoms with van der Waals surface area (Å²) in [6.07, 6.45) is 3.83. The second-order valence-electron chi connectivity index (χ2n) is 7.11. The molecule has 0 aliphatic carbocycles. The molecule has 1 aliphatic heterocycles. The molecule has 0 bridgehead atoms. The van der Waals surface area contributed by atoms with Gasteiger partial charge in [-0.15, -0.1) is 0 Å². The summed E-state index contributed by atoms with van der Waals surface area (Å²) in [5.74, 6) is -1.45. The Morgan fingerprint density at radius 2 is 1.90 bits per heavy atom. The molecule has 1 saturated heterocycles. The van der Waals surface area contributed by atoms with Crippen LogP contribution in [0.1, 0.15) is 12.8 Å². The van der Waals surface area contributed by atoms with Crippen molar-refractivity contribution in [2.45, 2.75) is 23.0 Å². The third-order valence-electron chi connectivity index (χ3n) is 4.92. The smallest absolute Gasteiger partial charge is 0.353 e. The number of piperidine rings is 1. The molecule has 1 aliphatic rings. The van der Waals surface area contributed by atoms with Crippen LogP contribution < -0.4 is 10.2 Å². The number of likely N-dealkylation sites (tertiary alicyclic amines) is 1. The first-order valence-electron chi connectivity index (χ1n) is 9.22. The topological polar surface area (TPSA) is 108 Å². The van der Waals surface area contributed by atoms with E-state index in [2.05, 4.69) is 20.5 Å². The Morgan fingerprint density at radius 3 is 2.50 bits per heavy atom. The minimum atomic E-state index is -4.97. The van der Waals surface area contributed by atoms with Crippen molar-refractivity contribution in [1.29, 1.82) is 0 Å². The van der Waals surface area contributed by atoms with E-state index in [1.807, 2.05) is 0 Å². The Hall–Kier alpha value is -2.89. The molecule has 0 unspecified atom stereocenters. The summed E-state index contributed by atoms with van der Waals surface area (Å²) in [5.41, 5.74) is 0.429. The van der Waals surface area contributed by atoms with Gasteiger partial charge in [0.1, 0.15) is 10.7 Å². The molecule has 162 valence electrons. The van der Waals surface area contributed by atoms with Gasteiger partial charge in [-0.25, -0.2) is 18.2 Å². The maximum Gasteiger partial charge on any atom is 0.353 e. The second-order valence-corrected chi connectivity index (χ2v) is 9.10. The molecule has 3 heterocycles. The van der Waals surface area contributed by atoms with Crippen molar-refractivity contribution in [3.05, 3.63) is 36.8 Å². The van der Waals surface area contributed by atoms with Crippen LogP contribution in [-0.4, -0.2) is 67.0 Å². The molecule has 9 nitrogen and oxygen atoms in total. The molecule has 30 heavy (non-hydrogen) atoms. The van der Waals surface area contributed by atoms with Gasteiger partial charge in [-0.05, 0) is 31.0 Å². The van der Waals surface area contributed by atoms with E-state index >= 15 is 8.78 Å². The van der Waals surface area contributed by atoms with Crippen molar-refractivity contribution >= 4 is 27.4 Å². The van der Waals surface area contributed by atoms with Crippen molar-refractivity contribution in [1.82, 2.24) is 20.1 Å². The number of hydrogen-bond acceptors (Lipinski definition) is 7. The summed E-state index contributed by atoms with van der Waals surface area (Å²) >= 11 is 0. The molecule has 1 fully saturated rings. The summed E-state index contributed by atoms with van der Waals surface area (Å²) < 4.78 is 55.9. The monoisotopic (exact) mass is 440 g/mol. The van der Waals surface area contributed by atoms with E-state index in [-0.39, 0.29) is 31.7 Å². The first kappa shape index (κ1) is 21.8. The highest BCUT2D eigenvalue weighted by atomic mass is 32.2. The van der Waals surface area contributed by atoms with Gasteiger partial charge >= 0.3 is 11.3 Å². The standard InChI is InChI=1S/C18H22F2N6O3S/c1-25(2)16-15(4-3-8-21-16)30(28,29)18(19,20)13-6-10-26(11-7-13)17(27)24-14-5-9-22-23-12-14/h3-5,8-9,12-13H,6-7,10-11H2,1-2H3,(H,22,24,27). The third kappa shape index (κ3) is 4.18. The Balaban J connectivity index is 1.72. The van der Waals surface area contributed by atoms with E-state index in [1.165, 1.54) is 48.6 Å². The summed E-state index contributed by atoms with van der Waals surface area (Å²) in [5, 5.41) is 5.87. The number of halogens is 2. The van der Waals surface area contributed by atoms with Gasteiger partial charge in [-0.3, -0.25) is 0 Å². The minimum absolute atomic E-state index is 0.00764. The van der Waals surface area contributed by atoms with Crippen molar-refractivity contribution in [3.8, 4) is 0 Å². The number of urea groups is 1. The zero-order valence-electron chi connectivity index (χ0n) is 16.5. The van der Waals surface area contributed by atoms with Gasteiger partial charge < -0.3 is 15.1 Å². The van der Waals surface area contributed by atoms with Crippen LogP contribution in [0, 0.1) is 5.92 Å². The zero-order valence-corrected chi connectivity index (χ0v) is 17.3. The van der Waals surface area contributed by atoms with Crippen molar-refractivity contribution < 1.29 is 22.0 Å². The molecule has 0 saturated carbocycles. The molecule has 3 rings (SSSR count). The summed E-state index contributed by atoms with van der Waals surface area (Å²) in [7, 11) is -1.90. The zero-order chi connectivity index (χ0) is 21.9. The van der Waals surface area contributed by atoms with Crippen LogP contribution in [0.5, 0.6) is 0 Å². The summed E-state index contributed by atoms with van der Waals surface area (Å²) in [6.45, 7) is 0.0153. The van der Waals surface area contributed by atoms with Gasteiger partial charge in [-0.2, -0.15) is 19.0 Å². The highest BCUT2D eigenvalue weighted by Gasteiger charge is 2.54. The van der Waals surface area contributed by atoms with Gasteiger partial charge in [0.2, 0.25) is 9.84 Å². The predicted molar refractivity (Wildman–Crippen MR) is 106 cm³/mol. The van der Waals surface area contributed by atoms with E-state index in [9.17, 15) is 13.2 Å². The number of pyridine rings is 1. The molecule has 2 aromatic heterocycles. The molecular weight excluding hydrogens is 418 g/mol. The number of carbonyl (C=O) groups is 1. The molecule has 0 spiro atoms. The summed E-state index contributed by atoms with van der Waals surface area (Å²) in [4.78, 5) is 18.5. The van der Waals surface area contributed by atoms with Crippen molar-refractivity contribution in [3.63, 3.8) is 0 Å². The van der Waals surface area contributed by atoms with E-state index in [4.69, 9.17) is 0 Å². The Bertz CT molecular complexity index is 996. The number of anilines is 2.